The first kappa shape index (κ1) is 14.1. The molecule has 1 nitrogen and oxygen atoms in total. The lowest BCUT2D eigenvalue weighted by Crippen LogP contribution is -2.35. The van der Waals surface area contributed by atoms with Gasteiger partial charge in [-0.3, -0.25) is 0 Å². The van der Waals surface area contributed by atoms with Crippen LogP contribution in [-0.2, 0) is 11.8 Å². The van der Waals surface area contributed by atoms with Crippen LogP contribution in [0.4, 0.5) is 0 Å². The van der Waals surface area contributed by atoms with E-state index in [9.17, 15) is 0 Å². The van der Waals surface area contributed by atoms with Crippen molar-refractivity contribution in [3.63, 3.8) is 0 Å². The Labute approximate surface area is 124 Å². The zero-order chi connectivity index (χ0) is 14.3. The van der Waals surface area contributed by atoms with Crippen molar-refractivity contribution in [1.29, 1.82) is 0 Å². The van der Waals surface area contributed by atoms with Gasteiger partial charge in [-0.25, -0.2) is 0 Å². The van der Waals surface area contributed by atoms with E-state index in [-0.39, 0.29) is 5.41 Å². The third kappa shape index (κ3) is 2.93. The first-order valence-electron chi connectivity index (χ1n) is 8.24. The lowest BCUT2D eigenvalue weighted by molar-refractivity contribution is 0.349. The average molecular weight is 271 g/mol. The Bertz CT molecular complexity index is 444. The maximum atomic E-state index is 3.58. The summed E-state index contributed by atoms with van der Waals surface area (Å²) >= 11 is 0. The second-order valence-corrected chi connectivity index (χ2v) is 8.03. The molecular formula is C19H29N. The number of hydrogen-bond acceptors (Lipinski definition) is 1. The molecule has 2 saturated carbocycles. The topological polar surface area (TPSA) is 12.0 Å². The Hall–Kier alpha value is -0.820. The van der Waals surface area contributed by atoms with Crippen molar-refractivity contribution in [3.05, 3.63) is 35.4 Å². The van der Waals surface area contributed by atoms with Crippen molar-refractivity contribution in [3.8, 4) is 0 Å². The molecule has 1 N–H and O–H groups in total. The molecule has 110 valence electrons. The maximum Gasteiger partial charge on any atom is 0.0133 e. The molecule has 2 aliphatic rings. The fourth-order valence-corrected chi connectivity index (χ4v) is 3.99. The highest BCUT2D eigenvalue weighted by molar-refractivity contribution is 5.28. The number of fused-ring (bicyclic) bond motifs is 1. The number of hydrogen-bond donors (Lipinski definition) is 1. The summed E-state index contributed by atoms with van der Waals surface area (Å²) in [4.78, 5) is 0. The minimum atomic E-state index is 0.258. The lowest BCUT2D eigenvalue weighted by atomic mass is 9.85. The fraction of sp³-hybridized carbons (Fsp3) is 0.684. The van der Waals surface area contributed by atoms with Gasteiger partial charge in [-0.1, -0.05) is 45.0 Å². The van der Waals surface area contributed by atoms with Crippen molar-refractivity contribution in [2.45, 2.75) is 57.9 Å². The number of nitrogens with one attached hydrogen (secondary N) is 1. The molecule has 20 heavy (non-hydrogen) atoms. The van der Waals surface area contributed by atoms with Crippen LogP contribution in [0.25, 0.3) is 0 Å². The Morgan fingerprint density at radius 3 is 2.15 bits per heavy atom. The molecule has 0 aliphatic heterocycles. The molecule has 0 spiro atoms. The van der Waals surface area contributed by atoms with E-state index in [0.717, 1.165) is 17.8 Å². The lowest BCUT2D eigenvalue weighted by Gasteiger charge is -2.25. The normalized spacial score (nSPS) is 30.1. The monoisotopic (exact) mass is 271 g/mol. The van der Waals surface area contributed by atoms with E-state index in [2.05, 4.69) is 57.4 Å². The zero-order valence-corrected chi connectivity index (χ0v) is 13.4. The van der Waals surface area contributed by atoms with Gasteiger partial charge in [0.1, 0.15) is 0 Å². The first-order chi connectivity index (χ1) is 9.47. The van der Waals surface area contributed by atoms with Gasteiger partial charge in [0.25, 0.3) is 0 Å². The Kier molecular flexibility index (Phi) is 3.66. The van der Waals surface area contributed by atoms with Crippen molar-refractivity contribution in [2.24, 2.45) is 17.8 Å². The summed E-state index contributed by atoms with van der Waals surface area (Å²) in [5.41, 5.74) is 3.18. The summed E-state index contributed by atoms with van der Waals surface area (Å²) in [7, 11) is 2.14. The third-order valence-corrected chi connectivity index (χ3v) is 5.50. The minimum absolute atomic E-state index is 0.258. The van der Waals surface area contributed by atoms with Crippen LogP contribution in [0.2, 0.25) is 0 Å². The van der Waals surface area contributed by atoms with Crippen LogP contribution in [0.1, 0.15) is 51.2 Å². The van der Waals surface area contributed by atoms with Crippen molar-refractivity contribution < 1.29 is 0 Å². The smallest absolute Gasteiger partial charge is 0.0133 e. The molecule has 0 saturated heterocycles. The number of likely N-dealkylation sites (N-methyl/N-ethyl adjacent to an activating group) is 1. The Balaban J connectivity index is 1.63. The molecule has 1 aromatic rings. The predicted octanol–water partition coefficient (Wildman–Crippen LogP) is 4.16. The third-order valence-electron chi connectivity index (χ3n) is 5.50. The van der Waals surface area contributed by atoms with Crippen LogP contribution in [0.3, 0.4) is 0 Å². The highest BCUT2D eigenvalue weighted by atomic mass is 14.9. The summed E-state index contributed by atoms with van der Waals surface area (Å²) in [6, 6.07) is 9.96. The largest absolute Gasteiger partial charge is 0.316 e. The molecule has 0 radical (unpaired) electrons. The summed E-state index contributed by atoms with van der Waals surface area (Å²) in [5, 5.41) is 3.58. The molecule has 3 atom stereocenters. The quantitative estimate of drug-likeness (QED) is 0.867. The standard InChI is InChI=1S/C19H29N/c1-19(2,3)17-7-5-13(6-8-17)9-18(20-4)16-11-14-10-15(14)12-16/h5-8,14-16,18,20H,9-12H2,1-4H3. The van der Waals surface area contributed by atoms with Gasteiger partial charge in [0.05, 0.1) is 0 Å². The summed E-state index contributed by atoms with van der Waals surface area (Å²) in [6.07, 6.45) is 5.64. The van der Waals surface area contributed by atoms with Gasteiger partial charge in [-0.05, 0) is 67.0 Å². The molecule has 0 aromatic heterocycles. The maximum absolute atomic E-state index is 3.58. The van der Waals surface area contributed by atoms with Crippen LogP contribution < -0.4 is 5.32 Å². The van der Waals surface area contributed by atoms with Gasteiger partial charge >= 0.3 is 0 Å². The SMILES string of the molecule is CNC(Cc1ccc(C(C)(C)C)cc1)C1CC2CC2C1. The van der Waals surface area contributed by atoms with Gasteiger partial charge in [0.15, 0.2) is 0 Å². The second-order valence-electron chi connectivity index (χ2n) is 8.03. The molecule has 0 amide bonds. The highest BCUT2D eigenvalue weighted by Gasteiger charge is 2.47. The van der Waals surface area contributed by atoms with E-state index in [0.29, 0.717) is 6.04 Å². The summed E-state index contributed by atoms with van der Waals surface area (Å²) < 4.78 is 0. The van der Waals surface area contributed by atoms with E-state index >= 15 is 0 Å². The van der Waals surface area contributed by atoms with Crippen molar-refractivity contribution >= 4 is 0 Å². The van der Waals surface area contributed by atoms with E-state index in [1.165, 1.54) is 36.8 Å². The minimum Gasteiger partial charge on any atom is -0.316 e. The molecule has 1 aromatic carbocycles. The molecular weight excluding hydrogens is 242 g/mol. The van der Waals surface area contributed by atoms with Crippen molar-refractivity contribution in [1.82, 2.24) is 5.32 Å². The van der Waals surface area contributed by atoms with Crippen molar-refractivity contribution in [2.75, 3.05) is 7.05 Å². The van der Waals surface area contributed by atoms with E-state index in [4.69, 9.17) is 0 Å². The average Bonchev–Trinajstić information content (AvgIpc) is 3.02. The van der Waals surface area contributed by atoms with Gasteiger partial charge in [0.2, 0.25) is 0 Å². The first-order valence-corrected chi connectivity index (χ1v) is 8.24. The molecule has 3 unspecified atom stereocenters. The zero-order valence-electron chi connectivity index (χ0n) is 13.4. The Morgan fingerprint density at radius 1 is 1.05 bits per heavy atom. The summed E-state index contributed by atoms with van der Waals surface area (Å²) in [5.74, 6) is 3.07. The number of rotatable bonds is 4. The second kappa shape index (κ2) is 5.18. The molecule has 1 heteroatoms. The van der Waals surface area contributed by atoms with Gasteiger partial charge in [-0.15, -0.1) is 0 Å². The van der Waals surface area contributed by atoms with Crippen LogP contribution >= 0.6 is 0 Å². The molecule has 0 heterocycles. The Morgan fingerprint density at radius 2 is 1.65 bits per heavy atom. The van der Waals surface area contributed by atoms with Gasteiger partial charge in [0, 0.05) is 6.04 Å². The fourth-order valence-electron chi connectivity index (χ4n) is 3.99. The van der Waals surface area contributed by atoms with E-state index in [1.807, 2.05) is 0 Å². The van der Waals surface area contributed by atoms with E-state index in [1.54, 1.807) is 0 Å². The van der Waals surface area contributed by atoms with Crippen LogP contribution in [0, 0.1) is 17.8 Å². The molecule has 3 rings (SSSR count). The van der Waals surface area contributed by atoms with Gasteiger partial charge in [-0.2, -0.15) is 0 Å². The van der Waals surface area contributed by atoms with Crippen LogP contribution in [0.5, 0.6) is 0 Å². The predicted molar refractivity (Wildman–Crippen MR) is 86.0 cm³/mol. The van der Waals surface area contributed by atoms with E-state index < -0.39 is 0 Å². The molecule has 2 aliphatic carbocycles. The van der Waals surface area contributed by atoms with Crippen LogP contribution in [-0.4, -0.2) is 13.1 Å². The highest BCUT2D eigenvalue weighted by Crippen LogP contribution is 2.55. The summed E-state index contributed by atoms with van der Waals surface area (Å²) in [6.45, 7) is 6.84. The molecule has 0 bridgehead atoms. The van der Waals surface area contributed by atoms with Gasteiger partial charge < -0.3 is 5.32 Å². The molecule has 2 fully saturated rings. The van der Waals surface area contributed by atoms with Crippen LogP contribution in [0.15, 0.2) is 24.3 Å². The number of benzene rings is 1.